The molecule has 1 atom stereocenters. The molecule has 2 aliphatic rings. The maximum absolute atomic E-state index is 12.5. The van der Waals surface area contributed by atoms with Crippen molar-refractivity contribution in [3.05, 3.63) is 35.3 Å². The summed E-state index contributed by atoms with van der Waals surface area (Å²) in [5.74, 6) is 2.13. The Kier molecular flexibility index (Phi) is 8.80. The average Bonchev–Trinajstić information content (AvgIpc) is 2.89. The first kappa shape index (κ1) is 27.7. The molecule has 0 aliphatic carbocycles. The molecular weight excluding hydrogens is 506 g/mol. The number of nitrogens with zero attached hydrogens (tertiary/aromatic N) is 5. The van der Waals surface area contributed by atoms with Crippen LogP contribution in [0.1, 0.15) is 69.7 Å². The van der Waals surface area contributed by atoms with Crippen LogP contribution in [0.5, 0.6) is 0 Å². The van der Waals surface area contributed by atoms with Crippen LogP contribution in [-0.4, -0.2) is 67.2 Å². The highest BCUT2D eigenvalue weighted by atomic mass is 32.2. The fourth-order valence-corrected chi connectivity index (χ4v) is 5.31. The van der Waals surface area contributed by atoms with Gasteiger partial charge in [-0.15, -0.1) is 0 Å². The van der Waals surface area contributed by atoms with Crippen molar-refractivity contribution >= 4 is 33.9 Å². The molecule has 0 unspecified atom stereocenters. The summed E-state index contributed by atoms with van der Waals surface area (Å²) in [6.07, 6.45) is 6.33. The van der Waals surface area contributed by atoms with Gasteiger partial charge < -0.3 is 20.3 Å². The minimum Gasteiger partial charge on any atom is -0.458 e. The monoisotopic (exact) mass is 543 g/mol. The Morgan fingerprint density at radius 1 is 1.26 bits per heavy atom. The van der Waals surface area contributed by atoms with Gasteiger partial charge >= 0.3 is 16.5 Å². The molecule has 0 spiro atoms. The van der Waals surface area contributed by atoms with Gasteiger partial charge in [-0.2, -0.15) is 12.8 Å². The van der Waals surface area contributed by atoms with Crippen LogP contribution in [0.2, 0.25) is 0 Å². The average molecular weight is 544 g/mol. The number of rotatable bonds is 8. The Hall–Kier alpha value is -3.28. The molecule has 4 rings (SSSR count). The number of anilines is 3. The molecular formula is C26H37N7O4S. The number of nitrogens with one attached hydrogen (secondary N) is 2. The first-order valence-corrected chi connectivity index (χ1v) is 14.3. The molecule has 0 bridgehead atoms. The van der Waals surface area contributed by atoms with E-state index in [0.29, 0.717) is 18.2 Å². The van der Waals surface area contributed by atoms with Gasteiger partial charge in [-0.1, -0.05) is 13.0 Å². The van der Waals surface area contributed by atoms with Crippen molar-refractivity contribution in [1.82, 2.24) is 15.0 Å². The number of piperidine rings is 1. The lowest BCUT2D eigenvalue weighted by Crippen LogP contribution is -2.36. The van der Waals surface area contributed by atoms with E-state index < -0.39 is 28.1 Å². The largest absolute Gasteiger partial charge is 0.458 e. The second kappa shape index (κ2) is 12.1. The zero-order valence-electron chi connectivity index (χ0n) is 22.5. The summed E-state index contributed by atoms with van der Waals surface area (Å²) >= 11 is 0. The summed E-state index contributed by atoms with van der Waals surface area (Å²) in [5.41, 5.74) is 2.59. The summed E-state index contributed by atoms with van der Waals surface area (Å²) in [5, 5.41) is 6.55. The molecule has 2 N–H and O–H groups in total. The van der Waals surface area contributed by atoms with Crippen molar-refractivity contribution in [3.63, 3.8) is 0 Å². The summed E-state index contributed by atoms with van der Waals surface area (Å²) in [6, 6.07) is 3.18. The second-order valence-corrected chi connectivity index (χ2v) is 11.3. The minimum absolute atomic E-state index is 0.0630. The van der Waals surface area contributed by atoms with Gasteiger partial charge in [0.1, 0.15) is 29.4 Å². The Bertz CT molecular complexity index is 1280. The molecule has 12 heteroatoms. The predicted molar refractivity (Wildman–Crippen MR) is 146 cm³/mol. The smallest absolute Gasteiger partial charge is 0.334 e. The summed E-state index contributed by atoms with van der Waals surface area (Å²) in [4.78, 5) is 28.7. The zero-order chi connectivity index (χ0) is 27.3. The van der Waals surface area contributed by atoms with Crippen molar-refractivity contribution < 1.29 is 17.9 Å². The van der Waals surface area contributed by atoms with Crippen LogP contribution in [0, 0.1) is 0 Å². The van der Waals surface area contributed by atoms with E-state index in [1.165, 1.54) is 11.9 Å². The molecule has 0 amide bonds. The van der Waals surface area contributed by atoms with Crippen molar-refractivity contribution in [2.24, 2.45) is 4.36 Å². The third kappa shape index (κ3) is 6.97. The van der Waals surface area contributed by atoms with Crippen LogP contribution >= 0.6 is 0 Å². The molecule has 0 aromatic carbocycles. The molecule has 206 valence electrons. The van der Waals surface area contributed by atoms with Crippen molar-refractivity contribution in [2.75, 3.05) is 41.7 Å². The summed E-state index contributed by atoms with van der Waals surface area (Å²) in [6.45, 7) is 9.77. The molecule has 2 aromatic rings. The SMILES string of the molecule is CCc1c(NC[C@@H](N=S(=O)=O)C(=O)OC(C)(C)C)ncnc1N1CCC(c2ccc3c(n2)NCCC3)CC1. The van der Waals surface area contributed by atoms with Gasteiger partial charge in [-0.25, -0.2) is 19.7 Å². The van der Waals surface area contributed by atoms with E-state index >= 15 is 0 Å². The van der Waals surface area contributed by atoms with Gasteiger partial charge in [0.2, 0.25) is 0 Å². The number of carbonyl (C=O) groups excluding carboxylic acids is 1. The van der Waals surface area contributed by atoms with Crippen molar-refractivity contribution in [3.8, 4) is 0 Å². The van der Waals surface area contributed by atoms with E-state index in [0.717, 1.165) is 68.2 Å². The first-order valence-electron chi connectivity index (χ1n) is 13.2. The first-order chi connectivity index (χ1) is 18.1. The summed E-state index contributed by atoms with van der Waals surface area (Å²) in [7, 11) is -2.75. The Morgan fingerprint density at radius 2 is 2.03 bits per heavy atom. The number of carbonyl (C=O) groups is 1. The molecule has 1 fully saturated rings. The lowest BCUT2D eigenvalue weighted by atomic mass is 9.92. The van der Waals surface area contributed by atoms with Crippen molar-refractivity contribution in [2.45, 2.75) is 77.4 Å². The van der Waals surface area contributed by atoms with Crippen LogP contribution in [0.15, 0.2) is 22.8 Å². The second-order valence-electron chi connectivity index (χ2n) is 10.7. The van der Waals surface area contributed by atoms with Gasteiger partial charge in [-0.05, 0) is 64.5 Å². The maximum Gasteiger partial charge on any atom is 0.334 e. The summed E-state index contributed by atoms with van der Waals surface area (Å²) < 4.78 is 31.3. The maximum atomic E-state index is 12.5. The van der Waals surface area contributed by atoms with Crippen LogP contribution in [0.25, 0.3) is 0 Å². The standard InChI is InChI=1S/C26H37N7O4S/c1-5-19-23(28-15-21(32-38(35)36)25(34)37-26(2,3)4)29-16-30-24(19)33-13-10-17(11-14-33)20-9-8-18-7-6-12-27-22(18)31-20/h8-9,16-17,21H,5-7,10-15H2,1-4H3,(H,27,31)(H,28,29,30)/t21-/m1/s1. The Morgan fingerprint density at radius 3 is 2.71 bits per heavy atom. The lowest BCUT2D eigenvalue weighted by molar-refractivity contribution is -0.155. The zero-order valence-corrected chi connectivity index (χ0v) is 23.3. The van der Waals surface area contributed by atoms with Gasteiger partial charge in [0.05, 0.1) is 6.54 Å². The number of hydrogen-bond acceptors (Lipinski definition) is 11. The van der Waals surface area contributed by atoms with E-state index in [1.54, 1.807) is 20.8 Å². The molecule has 2 aromatic heterocycles. The minimum atomic E-state index is -2.75. The number of ether oxygens (including phenoxy) is 1. The van der Waals surface area contributed by atoms with Gasteiger partial charge in [0.15, 0.2) is 6.04 Å². The van der Waals surface area contributed by atoms with E-state index in [2.05, 4.69) is 42.0 Å². The normalized spacial score (nSPS) is 16.7. The Balaban J connectivity index is 1.44. The number of esters is 1. The Labute approximate surface area is 225 Å². The highest BCUT2D eigenvalue weighted by Gasteiger charge is 2.28. The highest BCUT2D eigenvalue weighted by molar-refractivity contribution is 7.61. The van der Waals surface area contributed by atoms with Crippen LogP contribution in [0.3, 0.4) is 0 Å². The molecule has 4 heterocycles. The molecule has 11 nitrogen and oxygen atoms in total. The lowest BCUT2D eigenvalue weighted by Gasteiger charge is -2.34. The van der Waals surface area contributed by atoms with Gasteiger partial charge in [0, 0.05) is 36.8 Å². The number of aromatic nitrogens is 3. The fourth-order valence-electron chi connectivity index (χ4n) is 4.94. The third-order valence-electron chi connectivity index (χ3n) is 6.76. The van der Waals surface area contributed by atoms with E-state index in [4.69, 9.17) is 9.72 Å². The quantitative estimate of drug-likeness (QED) is 0.477. The number of aryl methyl sites for hydroxylation is 1. The molecule has 1 saturated heterocycles. The van der Waals surface area contributed by atoms with E-state index in [1.807, 2.05) is 6.92 Å². The van der Waals surface area contributed by atoms with Crippen LogP contribution < -0.4 is 15.5 Å². The van der Waals surface area contributed by atoms with Gasteiger partial charge in [-0.3, -0.25) is 0 Å². The van der Waals surface area contributed by atoms with E-state index in [-0.39, 0.29) is 6.54 Å². The third-order valence-corrected chi connectivity index (χ3v) is 7.19. The molecule has 38 heavy (non-hydrogen) atoms. The van der Waals surface area contributed by atoms with Crippen LogP contribution in [-0.2, 0) is 32.9 Å². The number of hydrogen-bond donors (Lipinski definition) is 2. The topological polar surface area (TPSA) is 139 Å². The van der Waals surface area contributed by atoms with Crippen molar-refractivity contribution in [1.29, 1.82) is 0 Å². The fraction of sp³-hybridized carbons (Fsp3) is 0.615. The molecule has 0 saturated carbocycles. The highest BCUT2D eigenvalue weighted by Crippen LogP contribution is 2.33. The molecule has 0 radical (unpaired) electrons. The predicted octanol–water partition coefficient (Wildman–Crippen LogP) is 3.36. The number of pyridine rings is 1. The van der Waals surface area contributed by atoms with Crippen LogP contribution in [0.4, 0.5) is 17.5 Å². The van der Waals surface area contributed by atoms with Gasteiger partial charge in [0.25, 0.3) is 0 Å². The molecule has 2 aliphatic heterocycles. The number of fused-ring (bicyclic) bond motifs is 1. The van der Waals surface area contributed by atoms with E-state index in [9.17, 15) is 13.2 Å².